The van der Waals surface area contributed by atoms with Crippen molar-refractivity contribution in [1.82, 2.24) is 10.9 Å². The summed E-state index contributed by atoms with van der Waals surface area (Å²) in [6, 6.07) is 7.68. The highest BCUT2D eigenvalue weighted by molar-refractivity contribution is 5.94. The average Bonchev–Trinajstić information content (AvgIpc) is 2.47. The first kappa shape index (κ1) is 19.0. The monoisotopic (exact) mass is 332 g/mol. The SMILES string of the molecule is CCOC(=O)C(NNC(=O)c1ccccc1)(C(C)C)C(F)(F)F. The molecule has 128 valence electrons. The summed E-state index contributed by atoms with van der Waals surface area (Å²) >= 11 is 0. The van der Waals surface area contributed by atoms with Gasteiger partial charge in [-0.25, -0.2) is 10.2 Å². The number of nitrogens with one attached hydrogen (secondary N) is 2. The van der Waals surface area contributed by atoms with Gasteiger partial charge in [0.05, 0.1) is 6.61 Å². The zero-order chi connectivity index (χ0) is 17.7. The van der Waals surface area contributed by atoms with Gasteiger partial charge in [0, 0.05) is 5.56 Å². The number of halogens is 3. The molecule has 1 rings (SSSR count). The predicted molar refractivity (Wildman–Crippen MR) is 77.3 cm³/mol. The summed E-state index contributed by atoms with van der Waals surface area (Å²) < 4.78 is 45.2. The second kappa shape index (κ2) is 7.45. The Balaban J connectivity index is 3.06. The lowest BCUT2D eigenvalue weighted by atomic mass is 9.86. The fourth-order valence-electron chi connectivity index (χ4n) is 2.01. The van der Waals surface area contributed by atoms with E-state index in [1.165, 1.54) is 32.9 Å². The van der Waals surface area contributed by atoms with Crippen molar-refractivity contribution < 1.29 is 27.5 Å². The van der Waals surface area contributed by atoms with Crippen LogP contribution in [0.5, 0.6) is 0 Å². The van der Waals surface area contributed by atoms with E-state index >= 15 is 0 Å². The van der Waals surface area contributed by atoms with Crippen LogP contribution < -0.4 is 10.9 Å². The lowest BCUT2D eigenvalue weighted by Gasteiger charge is -2.37. The van der Waals surface area contributed by atoms with E-state index in [0.29, 0.717) is 0 Å². The van der Waals surface area contributed by atoms with Crippen LogP contribution in [0.4, 0.5) is 13.2 Å². The van der Waals surface area contributed by atoms with Gasteiger partial charge in [-0.3, -0.25) is 10.2 Å². The van der Waals surface area contributed by atoms with Crippen molar-refractivity contribution in [2.75, 3.05) is 6.61 Å². The first-order valence-corrected chi connectivity index (χ1v) is 7.03. The number of amides is 1. The molecule has 1 aromatic carbocycles. The molecule has 1 atom stereocenters. The summed E-state index contributed by atoms with van der Waals surface area (Å²) in [5.41, 5.74) is 0.936. The Bertz CT molecular complexity index is 547. The Hall–Kier alpha value is -2.09. The van der Waals surface area contributed by atoms with Crippen LogP contribution in [0.1, 0.15) is 31.1 Å². The summed E-state index contributed by atoms with van der Waals surface area (Å²) in [5, 5.41) is 0. The second-order valence-electron chi connectivity index (χ2n) is 5.13. The Morgan fingerprint density at radius 2 is 1.74 bits per heavy atom. The largest absolute Gasteiger partial charge is 0.464 e. The van der Waals surface area contributed by atoms with Crippen LogP contribution in [0, 0.1) is 5.92 Å². The van der Waals surface area contributed by atoms with Crippen molar-refractivity contribution in [3.8, 4) is 0 Å². The maximum atomic E-state index is 13.5. The molecule has 0 saturated heterocycles. The van der Waals surface area contributed by atoms with E-state index in [2.05, 4.69) is 4.74 Å². The van der Waals surface area contributed by atoms with Gasteiger partial charge in [-0.1, -0.05) is 32.0 Å². The Kier molecular flexibility index (Phi) is 6.14. The van der Waals surface area contributed by atoms with Crippen molar-refractivity contribution in [2.45, 2.75) is 32.5 Å². The number of ether oxygens (including phenoxy) is 1. The number of carbonyl (C=O) groups is 2. The molecule has 2 N–H and O–H groups in total. The van der Waals surface area contributed by atoms with Crippen LogP contribution in [-0.4, -0.2) is 30.2 Å². The van der Waals surface area contributed by atoms with Gasteiger partial charge in [-0.15, -0.1) is 0 Å². The normalized spacial score (nSPS) is 14.2. The summed E-state index contributed by atoms with van der Waals surface area (Å²) in [7, 11) is 0. The molecule has 0 aliphatic carbocycles. The quantitative estimate of drug-likeness (QED) is 0.620. The summed E-state index contributed by atoms with van der Waals surface area (Å²) in [5.74, 6) is -3.49. The lowest BCUT2D eigenvalue weighted by Crippen LogP contribution is -2.70. The third-order valence-corrected chi connectivity index (χ3v) is 3.32. The van der Waals surface area contributed by atoms with Crippen molar-refractivity contribution in [3.63, 3.8) is 0 Å². The van der Waals surface area contributed by atoms with Crippen molar-refractivity contribution in [1.29, 1.82) is 0 Å². The van der Waals surface area contributed by atoms with Crippen molar-refractivity contribution >= 4 is 11.9 Å². The highest BCUT2D eigenvalue weighted by atomic mass is 19.4. The molecule has 0 aromatic heterocycles. The Morgan fingerprint density at radius 3 is 2.17 bits per heavy atom. The zero-order valence-electron chi connectivity index (χ0n) is 13.0. The van der Waals surface area contributed by atoms with E-state index in [0.717, 1.165) is 0 Å². The van der Waals surface area contributed by atoms with E-state index < -0.39 is 29.5 Å². The van der Waals surface area contributed by atoms with Gasteiger partial charge in [-0.2, -0.15) is 13.2 Å². The molecule has 1 aromatic rings. The fraction of sp³-hybridized carbons (Fsp3) is 0.467. The molecule has 0 aliphatic heterocycles. The molecule has 0 saturated carbocycles. The number of esters is 1. The number of hydrogen-bond acceptors (Lipinski definition) is 4. The molecule has 1 amide bonds. The van der Waals surface area contributed by atoms with E-state index in [9.17, 15) is 22.8 Å². The third-order valence-electron chi connectivity index (χ3n) is 3.32. The summed E-state index contributed by atoms with van der Waals surface area (Å²) in [6.45, 7) is 3.62. The smallest absolute Gasteiger partial charge is 0.419 e. The third kappa shape index (κ3) is 4.01. The number of hydrogen-bond donors (Lipinski definition) is 2. The van der Waals surface area contributed by atoms with Gasteiger partial charge < -0.3 is 4.74 Å². The van der Waals surface area contributed by atoms with Crippen LogP contribution >= 0.6 is 0 Å². The highest BCUT2D eigenvalue weighted by Gasteiger charge is 2.64. The first-order valence-electron chi connectivity index (χ1n) is 7.03. The zero-order valence-corrected chi connectivity index (χ0v) is 13.0. The van der Waals surface area contributed by atoms with Crippen molar-refractivity contribution in [2.24, 2.45) is 5.92 Å². The molecule has 0 heterocycles. The molecule has 0 fully saturated rings. The molecule has 0 radical (unpaired) electrons. The van der Waals surface area contributed by atoms with Crippen LogP contribution in [0.25, 0.3) is 0 Å². The minimum atomic E-state index is -4.96. The maximum absolute atomic E-state index is 13.5. The second-order valence-corrected chi connectivity index (χ2v) is 5.13. The van der Waals surface area contributed by atoms with E-state index in [1.54, 1.807) is 18.2 Å². The predicted octanol–water partition coefficient (Wildman–Crippen LogP) is 2.44. The molecule has 0 aliphatic rings. The number of hydrazine groups is 1. The van der Waals surface area contributed by atoms with Crippen LogP contribution in [0.3, 0.4) is 0 Å². The average molecular weight is 332 g/mol. The van der Waals surface area contributed by atoms with E-state index in [1.807, 2.05) is 10.9 Å². The van der Waals surface area contributed by atoms with Crippen LogP contribution in [0.15, 0.2) is 30.3 Å². The van der Waals surface area contributed by atoms with Gasteiger partial charge >= 0.3 is 12.1 Å². The number of carbonyl (C=O) groups excluding carboxylic acids is 2. The van der Waals surface area contributed by atoms with Crippen LogP contribution in [0.2, 0.25) is 0 Å². The Morgan fingerprint density at radius 1 is 1.17 bits per heavy atom. The number of alkyl halides is 3. The molecular weight excluding hydrogens is 313 g/mol. The van der Waals surface area contributed by atoms with Crippen molar-refractivity contribution in [3.05, 3.63) is 35.9 Å². The topological polar surface area (TPSA) is 67.4 Å². The van der Waals surface area contributed by atoms with Gasteiger partial charge in [-0.05, 0) is 25.0 Å². The number of benzene rings is 1. The molecule has 0 spiro atoms. The van der Waals surface area contributed by atoms with Gasteiger partial charge in [0.2, 0.25) is 5.54 Å². The number of rotatable bonds is 6. The molecular formula is C15H19F3N2O3. The van der Waals surface area contributed by atoms with E-state index in [4.69, 9.17) is 0 Å². The maximum Gasteiger partial charge on any atom is 0.419 e. The van der Waals surface area contributed by atoms with Gasteiger partial charge in [0.1, 0.15) is 0 Å². The van der Waals surface area contributed by atoms with E-state index in [-0.39, 0.29) is 12.2 Å². The first-order chi connectivity index (χ1) is 10.7. The highest BCUT2D eigenvalue weighted by Crippen LogP contribution is 2.37. The minimum absolute atomic E-state index is 0.156. The van der Waals surface area contributed by atoms with Gasteiger partial charge in [0.15, 0.2) is 0 Å². The Labute approximate surface area is 132 Å². The lowest BCUT2D eigenvalue weighted by molar-refractivity contribution is -0.224. The summed E-state index contributed by atoms with van der Waals surface area (Å²) in [6.07, 6.45) is -4.96. The molecule has 1 unspecified atom stereocenters. The van der Waals surface area contributed by atoms with Gasteiger partial charge in [0.25, 0.3) is 5.91 Å². The minimum Gasteiger partial charge on any atom is -0.464 e. The molecule has 8 heteroatoms. The molecule has 5 nitrogen and oxygen atoms in total. The fourth-order valence-corrected chi connectivity index (χ4v) is 2.01. The summed E-state index contributed by atoms with van der Waals surface area (Å²) in [4.78, 5) is 23.9. The molecule has 23 heavy (non-hydrogen) atoms. The standard InChI is InChI=1S/C15H19F3N2O3/c1-4-23-13(22)14(10(2)3,15(16,17)18)20-19-12(21)11-8-6-5-7-9-11/h5-10,20H,4H2,1-3H3,(H,19,21). The van der Waals surface area contributed by atoms with Crippen LogP contribution in [-0.2, 0) is 9.53 Å². The molecule has 0 bridgehead atoms.